The lowest BCUT2D eigenvalue weighted by Crippen LogP contribution is -1.93. The van der Waals surface area contributed by atoms with Gasteiger partial charge in [0, 0.05) is 0 Å². The molecule has 1 aromatic carbocycles. The molecule has 0 saturated heterocycles. The number of hydrogen-bond acceptors (Lipinski definition) is 4. The predicted octanol–water partition coefficient (Wildman–Crippen LogP) is 2.48. The zero-order valence-corrected chi connectivity index (χ0v) is 9.77. The molecule has 1 aromatic heterocycles. The number of nitrogens with zero attached hydrogens (tertiary/aromatic N) is 1. The molecule has 4 heteroatoms. The standard InChI is InChI=1S/C13H13NO3/c1-9(15)7-10-8-14-13(17-10)11-5-3-4-6-12(11)16-2/h3-6,8H,7H2,1-2H3. The van der Waals surface area contributed by atoms with Crippen LogP contribution >= 0.6 is 0 Å². The lowest BCUT2D eigenvalue weighted by Gasteiger charge is -2.03. The number of ether oxygens (including phenoxy) is 1. The van der Waals surface area contributed by atoms with Gasteiger partial charge in [-0.25, -0.2) is 4.98 Å². The van der Waals surface area contributed by atoms with E-state index in [0.29, 0.717) is 17.4 Å². The number of ketones is 1. The summed E-state index contributed by atoms with van der Waals surface area (Å²) in [6.07, 6.45) is 1.84. The van der Waals surface area contributed by atoms with Crippen LogP contribution in [0.2, 0.25) is 0 Å². The fraction of sp³-hybridized carbons (Fsp3) is 0.231. The van der Waals surface area contributed by atoms with Crippen LogP contribution in [0.15, 0.2) is 34.9 Å². The van der Waals surface area contributed by atoms with Crippen LogP contribution in [0.25, 0.3) is 11.5 Å². The fourth-order valence-corrected chi connectivity index (χ4v) is 1.58. The highest BCUT2D eigenvalue weighted by molar-refractivity contribution is 5.77. The predicted molar refractivity (Wildman–Crippen MR) is 62.9 cm³/mol. The van der Waals surface area contributed by atoms with E-state index in [-0.39, 0.29) is 12.2 Å². The Hall–Kier alpha value is -2.10. The second-order valence-corrected chi connectivity index (χ2v) is 3.71. The van der Waals surface area contributed by atoms with Crippen LogP contribution in [0.1, 0.15) is 12.7 Å². The number of rotatable bonds is 4. The topological polar surface area (TPSA) is 52.3 Å². The molecule has 0 N–H and O–H groups in total. The Kier molecular flexibility index (Phi) is 3.23. The van der Waals surface area contributed by atoms with Gasteiger partial charge in [0.25, 0.3) is 0 Å². The largest absolute Gasteiger partial charge is 0.496 e. The molecule has 0 radical (unpaired) electrons. The Balaban J connectivity index is 2.33. The van der Waals surface area contributed by atoms with Gasteiger partial charge in [-0.2, -0.15) is 0 Å². The number of oxazole rings is 1. The van der Waals surface area contributed by atoms with Gasteiger partial charge in [-0.3, -0.25) is 4.79 Å². The molecule has 0 fully saturated rings. The SMILES string of the molecule is COc1ccccc1-c1ncc(CC(C)=O)o1. The van der Waals surface area contributed by atoms with Crippen LogP contribution in [-0.2, 0) is 11.2 Å². The van der Waals surface area contributed by atoms with Gasteiger partial charge in [-0.05, 0) is 19.1 Å². The van der Waals surface area contributed by atoms with Crippen LogP contribution in [0.3, 0.4) is 0 Å². The van der Waals surface area contributed by atoms with Crippen LogP contribution in [0.5, 0.6) is 5.75 Å². The number of methoxy groups -OCH3 is 1. The number of carbonyl (C=O) groups is 1. The molecule has 88 valence electrons. The maximum absolute atomic E-state index is 11.0. The van der Waals surface area contributed by atoms with E-state index in [9.17, 15) is 4.79 Å². The Morgan fingerprint density at radius 3 is 2.88 bits per heavy atom. The van der Waals surface area contributed by atoms with Gasteiger partial charge < -0.3 is 9.15 Å². The Morgan fingerprint density at radius 1 is 1.41 bits per heavy atom. The summed E-state index contributed by atoms with van der Waals surface area (Å²) in [6, 6.07) is 7.46. The fourth-order valence-electron chi connectivity index (χ4n) is 1.58. The van der Waals surface area contributed by atoms with Crippen molar-refractivity contribution < 1.29 is 13.9 Å². The summed E-state index contributed by atoms with van der Waals surface area (Å²) >= 11 is 0. The van der Waals surface area contributed by atoms with E-state index in [1.54, 1.807) is 13.3 Å². The smallest absolute Gasteiger partial charge is 0.230 e. The molecule has 0 aliphatic rings. The van der Waals surface area contributed by atoms with E-state index < -0.39 is 0 Å². The normalized spacial score (nSPS) is 10.2. The zero-order valence-electron chi connectivity index (χ0n) is 9.77. The molecule has 17 heavy (non-hydrogen) atoms. The summed E-state index contributed by atoms with van der Waals surface area (Å²) in [7, 11) is 1.60. The number of hydrogen-bond donors (Lipinski definition) is 0. The van der Waals surface area contributed by atoms with Gasteiger partial charge in [-0.15, -0.1) is 0 Å². The minimum Gasteiger partial charge on any atom is -0.496 e. The third kappa shape index (κ3) is 2.53. The molecule has 0 aliphatic carbocycles. The van der Waals surface area contributed by atoms with E-state index >= 15 is 0 Å². The van der Waals surface area contributed by atoms with E-state index in [0.717, 1.165) is 5.56 Å². The molecule has 0 amide bonds. The molecule has 0 aliphatic heterocycles. The van der Waals surface area contributed by atoms with Crippen molar-refractivity contribution in [3.63, 3.8) is 0 Å². The van der Waals surface area contributed by atoms with Crippen molar-refractivity contribution in [2.45, 2.75) is 13.3 Å². The lowest BCUT2D eigenvalue weighted by molar-refractivity contribution is -0.116. The summed E-state index contributed by atoms with van der Waals surface area (Å²) in [5, 5.41) is 0. The van der Waals surface area contributed by atoms with Gasteiger partial charge >= 0.3 is 0 Å². The molecule has 0 bridgehead atoms. The number of benzene rings is 1. The van der Waals surface area contributed by atoms with E-state index in [2.05, 4.69) is 4.98 Å². The molecule has 4 nitrogen and oxygen atoms in total. The quantitative estimate of drug-likeness (QED) is 0.811. The highest BCUT2D eigenvalue weighted by atomic mass is 16.5. The van der Waals surface area contributed by atoms with Gasteiger partial charge in [0.05, 0.1) is 25.3 Å². The zero-order chi connectivity index (χ0) is 12.3. The van der Waals surface area contributed by atoms with Crippen LogP contribution in [0, 0.1) is 0 Å². The number of para-hydroxylation sites is 1. The minimum atomic E-state index is 0.0488. The van der Waals surface area contributed by atoms with Gasteiger partial charge in [0.1, 0.15) is 17.3 Å². The van der Waals surface area contributed by atoms with Crippen LogP contribution < -0.4 is 4.74 Å². The second-order valence-electron chi connectivity index (χ2n) is 3.71. The summed E-state index contributed by atoms with van der Waals surface area (Å²) in [4.78, 5) is 15.1. The van der Waals surface area contributed by atoms with Crippen molar-refractivity contribution in [3.05, 3.63) is 36.2 Å². The lowest BCUT2D eigenvalue weighted by atomic mass is 10.2. The molecular weight excluding hydrogens is 218 g/mol. The first-order valence-electron chi connectivity index (χ1n) is 5.28. The van der Waals surface area contributed by atoms with E-state index in [1.807, 2.05) is 24.3 Å². The van der Waals surface area contributed by atoms with Crippen molar-refractivity contribution in [2.24, 2.45) is 0 Å². The monoisotopic (exact) mass is 231 g/mol. The van der Waals surface area contributed by atoms with Crippen molar-refractivity contribution in [3.8, 4) is 17.2 Å². The third-order valence-corrected chi connectivity index (χ3v) is 2.31. The summed E-state index contributed by atoms with van der Waals surface area (Å²) in [5.74, 6) is 1.79. The van der Waals surface area contributed by atoms with Gasteiger partial charge in [0.15, 0.2) is 0 Å². The molecule has 2 aromatic rings. The first kappa shape index (κ1) is 11.4. The summed E-state index contributed by atoms with van der Waals surface area (Å²) < 4.78 is 10.7. The molecule has 1 heterocycles. The molecule has 0 saturated carbocycles. The second kappa shape index (κ2) is 4.82. The number of aromatic nitrogens is 1. The Labute approximate surface area is 99.2 Å². The number of carbonyl (C=O) groups excluding carboxylic acids is 1. The van der Waals surface area contributed by atoms with E-state index in [1.165, 1.54) is 6.92 Å². The van der Waals surface area contributed by atoms with Crippen molar-refractivity contribution in [1.82, 2.24) is 4.98 Å². The Bertz CT molecular complexity index is 531. The average Bonchev–Trinajstić information content (AvgIpc) is 2.76. The maximum atomic E-state index is 11.0. The molecule has 0 atom stereocenters. The molecular formula is C13H13NO3. The van der Waals surface area contributed by atoms with E-state index in [4.69, 9.17) is 9.15 Å². The van der Waals surface area contributed by atoms with Gasteiger partial charge in [-0.1, -0.05) is 12.1 Å². The average molecular weight is 231 g/mol. The highest BCUT2D eigenvalue weighted by Crippen LogP contribution is 2.28. The molecule has 0 spiro atoms. The molecule has 0 unspecified atom stereocenters. The van der Waals surface area contributed by atoms with Crippen LogP contribution in [-0.4, -0.2) is 17.9 Å². The van der Waals surface area contributed by atoms with Crippen molar-refractivity contribution in [2.75, 3.05) is 7.11 Å². The van der Waals surface area contributed by atoms with Crippen molar-refractivity contribution >= 4 is 5.78 Å². The summed E-state index contributed by atoms with van der Waals surface area (Å²) in [6.45, 7) is 1.52. The van der Waals surface area contributed by atoms with Gasteiger partial charge in [0.2, 0.25) is 5.89 Å². The maximum Gasteiger partial charge on any atom is 0.230 e. The number of Topliss-reactive ketones (excluding diaryl/α,β-unsaturated/α-hetero) is 1. The summed E-state index contributed by atoms with van der Waals surface area (Å²) in [5.41, 5.74) is 0.782. The Morgan fingerprint density at radius 2 is 2.18 bits per heavy atom. The van der Waals surface area contributed by atoms with Crippen LogP contribution in [0.4, 0.5) is 0 Å². The first-order valence-corrected chi connectivity index (χ1v) is 5.28. The third-order valence-electron chi connectivity index (χ3n) is 2.31. The molecule has 2 rings (SSSR count). The minimum absolute atomic E-state index is 0.0488. The highest BCUT2D eigenvalue weighted by Gasteiger charge is 2.11. The van der Waals surface area contributed by atoms with Crippen molar-refractivity contribution in [1.29, 1.82) is 0 Å². The first-order chi connectivity index (χ1) is 8.20.